The van der Waals surface area contributed by atoms with Crippen LogP contribution in [0.25, 0.3) is 11.0 Å². The third kappa shape index (κ3) is 1.65. The molecule has 1 aromatic heterocycles. The Balaban J connectivity index is 2.60. The number of carboxylic acid groups (broad SMARTS) is 1. The summed E-state index contributed by atoms with van der Waals surface area (Å²) in [7, 11) is 0. The van der Waals surface area contributed by atoms with Crippen LogP contribution in [0.2, 0.25) is 0 Å². The van der Waals surface area contributed by atoms with E-state index in [9.17, 15) is 4.79 Å². The number of hydrogen-bond donors (Lipinski definition) is 1. The lowest BCUT2D eigenvalue weighted by Gasteiger charge is -1.99. The maximum absolute atomic E-state index is 10.6. The fourth-order valence-electron chi connectivity index (χ4n) is 1.41. The number of rotatable bonds is 2. The van der Waals surface area contributed by atoms with E-state index in [1.165, 1.54) is 0 Å². The Bertz CT molecular complexity index is 487. The Kier molecular flexibility index (Phi) is 2.29. The Morgan fingerprint density at radius 3 is 3.00 bits per heavy atom. The van der Waals surface area contributed by atoms with Crippen molar-refractivity contribution in [2.24, 2.45) is 0 Å². The van der Waals surface area contributed by atoms with Crippen molar-refractivity contribution in [2.45, 2.75) is 6.42 Å². The summed E-state index contributed by atoms with van der Waals surface area (Å²) in [5.41, 5.74) is 1.34. The fourth-order valence-corrected chi connectivity index (χ4v) is 1.93. The first-order chi connectivity index (χ1) is 6.66. The van der Waals surface area contributed by atoms with Crippen LogP contribution in [0.15, 0.2) is 33.4 Å². The van der Waals surface area contributed by atoms with E-state index in [1.807, 2.05) is 12.1 Å². The summed E-state index contributed by atoms with van der Waals surface area (Å²) in [5.74, 6) is -0.860. The molecule has 1 heterocycles. The molecule has 2 aromatic rings. The molecular formula is C10H7BrO3. The van der Waals surface area contributed by atoms with E-state index in [1.54, 1.807) is 12.3 Å². The number of hydrogen-bond acceptors (Lipinski definition) is 2. The Hall–Kier alpha value is -1.29. The fraction of sp³-hybridized carbons (Fsp3) is 0.100. The van der Waals surface area contributed by atoms with E-state index in [2.05, 4.69) is 15.9 Å². The van der Waals surface area contributed by atoms with E-state index >= 15 is 0 Å². The molecule has 72 valence electrons. The van der Waals surface area contributed by atoms with Crippen LogP contribution in [0.4, 0.5) is 0 Å². The highest BCUT2D eigenvalue weighted by Crippen LogP contribution is 2.25. The molecule has 0 aliphatic heterocycles. The van der Waals surface area contributed by atoms with E-state index in [0.717, 1.165) is 9.86 Å². The van der Waals surface area contributed by atoms with Crippen LogP contribution in [-0.2, 0) is 11.2 Å². The van der Waals surface area contributed by atoms with Gasteiger partial charge < -0.3 is 9.52 Å². The predicted octanol–water partition coefficient (Wildman–Crippen LogP) is 2.82. The van der Waals surface area contributed by atoms with Gasteiger partial charge in [0.1, 0.15) is 5.58 Å². The highest BCUT2D eigenvalue weighted by molar-refractivity contribution is 9.10. The van der Waals surface area contributed by atoms with E-state index in [-0.39, 0.29) is 6.42 Å². The molecule has 0 fully saturated rings. The van der Waals surface area contributed by atoms with Crippen molar-refractivity contribution in [3.8, 4) is 0 Å². The predicted molar refractivity (Wildman–Crippen MR) is 55.3 cm³/mol. The normalized spacial score (nSPS) is 10.6. The minimum Gasteiger partial charge on any atom is -0.481 e. The van der Waals surface area contributed by atoms with Crippen LogP contribution < -0.4 is 0 Å². The van der Waals surface area contributed by atoms with Gasteiger partial charge in [0.2, 0.25) is 0 Å². The van der Waals surface area contributed by atoms with Crippen molar-refractivity contribution in [2.75, 3.05) is 0 Å². The monoisotopic (exact) mass is 254 g/mol. The molecule has 0 atom stereocenters. The summed E-state index contributed by atoms with van der Waals surface area (Å²) >= 11 is 3.32. The lowest BCUT2D eigenvalue weighted by molar-refractivity contribution is -0.136. The molecule has 2 rings (SSSR count). The Morgan fingerprint density at radius 1 is 1.50 bits per heavy atom. The van der Waals surface area contributed by atoms with Crippen LogP contribution in [-0.4, -0.2) is 11.1 Å². The summed E-state index contributed by atoms with van der Waals surface area (Å²) in [6, 6.07) is 5.47. The van der Waals surface area contributed by atoms with Crippen molar-refractivity contribution in [3.05, 3.63) is 34.5 Å². The third-order valence-electron chi connectivity index (χ3n) is 1.93. The van der Waals surface area contributed by atoms with Crippen LogP contribution in [0.5, 0.6) is 0 Å². The SMILES string of the molecule is O=C(O)Cc1cc(Br)cc2ccoc12. The Labute approximate surface area is 88.5 Å². The summed E-state index contributed by atoms with van der Waals surface area (Å²) in [6.07, 6.45) is 1.53. The van der Waals surface area contributed by atoms with Crippen LogP contribution in [0, 0.1) is 0 Å². The second-order valence-corrected chi connectivity index (χ2v) is 3.89. The van der Waals surface area contributed by atoms with Gasteiger partial charge in [-0.2, -0.15) is 0 Å². The third-order valence-corrected chi connectivity index (χ3v) is 2.39. The average Bonchev–Trinajstić information content (AvgIpc) is 2.50. The molecule has 1 aromatic carbocycles. The van der Waals surface area contributed by atoms with E-state index in [0.29, 0.717) is 11.1 Å². The minimum absolute atomic E-state index is 0.0244. The first-order valence-corrected chi connectivity index (χ1v) is 4.83. The molecule has 0 radical (unpaired) electrons. The molecule has 4 heteroatoms. The van der Waals surface area contributed by atoms with Crippen molar-refractivity contribution in [1.29, 1.82) is 0 Å². The molecule has 0 spiro atoms. The van der Waals surface area contributed by atoms with Crippen LogP contribution >= 0.6 is 15.9 Å². The van der Waals surface area contributed by atoms with Crippen molar-refractivity contribution in [1.82, 2.24) is 0 Å². The molecular weight excluding hydrogens is 248 g/mol. The number of fused-ring (bicyclic) bond motifs is 1. The number of aliphatic carboxylic acids is 1. The highest BCUT2D eigenvalue weighted by atomic mass is 79.9. The van der Waals surface area contributed by atoms with Gasteiger partial charge in [-0.05, 0) is 18.2 Å². The molecule has 0 amide bonds. The van der Waals surface area contributed by atoms with Gasteiger partial charge >= 0.3 is 5.97 Å². The molecule has 3 nitrogen and oxygen atoms in total. The van der Waals surface area contributed by atoms with Crippen LogP contribution in [0.1, 0.15) is 5.56 Å². The standard InChI is InChI=1S/C10H7BrO3/c11-8-3-6-1-2-14-10(6)7(4-8)5-9(12)13/h1-4H,5H2,(H,12,13). The molecule has 1 N–H and O–H groups in total. The quantitative estimate of drug-likeness (QED) is 0.897. The number of carboxylic acids is 1. The zero-order chi connectivity index (χ0) is 10.1. The van der Waals surface area contributed by atoms with Gasteiger partial charge in [0, 0.05) is 15.4 Å². The largest absolute Gasteiger partial charge is 0.481 e. The number of furan rings is 1. The van der Waals surface area contributed by atoms with Gasteiger partial charge in [0.25, 0.3) is 0 Å². The highest BCUT2D eigenvalue weighted by Gasteiger charge is 2.09. The van der Waals surface area contributed by atoms with Crippen molar-refractivity contribution in [3.63, 3.8) is 0 Å². The average molecular weight is 255 g/mol. The summed E-state index contributed by atoms with van der Waals surface area (Å²) < 4.78 is 6.08. The van der Waals surface area contributed by atoms with Gasteiger partial charge in [-0.25, -0.2) is 0 Å². The second kappa shape index (κ2) is 3.46. The second-order valence-electron chi connectivity index (χ2n) is 2.97. The van der Waals surface area contributed by atoms with Gasteiger partial charge in [-0.15, -0.1) is 0 Å². The zero-order valence-corrected chi connectivity index (χ0v) is 8.74. The van der Waals surface area contributed by atoms with Gasteiger partial charge in [-0.1, -0.05) is 15.9 Å². The lowest BCUT2D eigenvalue weighted by Crippen LogP contribution is -2.00. The topological polar surface area (TPSA) is 50.4 Å². The van der Waals surface area contributed by atoms with Gasteiger partial charge in [0.05, 0.1) is 12.7 Å². The zero-order valence-electron chi connectivity index (χ0n) is 7.16. The maximum atomic E-state index is 10.6. The smallest absolute Gasteiger partial charge is 0.307 e. The summed E-state index contributed by atoms with van der Waals surface area (Å²) in [5, 5.41) is 9.61. The van der Waals surface area contributed by atoms with E-state index < -0.39 is 5.97 Å². The molecule has 0 bridgehead atoms. The summed E-state index contributed by atoms with van der Waals surface area (Å²) in [4.78, 5) is 10.6. The van der Waals surface area contributed by atoms with E-state index in [4.69, 9.17) is 9.52 Å². The number of halogens is 1. The molecule has 0 aliphatic carbocycles. The van der Waals surface area contributed by atoms with Crippen molar-refractivity contribution < 1.29 is 14.3 Å². The number of carbonyl (C=O) groups is 1. The first-order valence-electron chi connectivity index (χ1n) is 4.04. The first kappa shape index (κ1) is 9.27. The molecule has 0 unspecified atom stereocenters. The molecule has 0 aliphatic rings. The van der Waals surface area contributed by atoms with Crippen LogP contribution in [0.3, 0.4) is 0 Å². The van der Waals surface area contributed by atoms with Gasteiger partial charge in [0.15, 0.2) is 0 Å². The molecule has 14 heavy (non-hydrogen) atoms. The minimum atomic E-state index is -0.860. The molecule has 0 saturated heterocycles. The Morgan fingerprint density at radius 2 is 2.29 bits per heavy atom. The summed E-state index contributed by atoms with van der Waals surface area (Å²) in [6.45, 7) is 0. The van der Waals surface area contributed by atoms with Crippen molar-refractivity contribution >= 4 is 32.9 Å². The lowest BCUT2D eigenvalue weighted by atomic mass is 10.1. The van der Waals surface area contributed by atoms with Gasteiger partial charge in [-0.3, -0.25) is 4.79 Å². The number of benzene rings is 1. The maximum Gasteiger partial charge on any atom is 0.307 e. The molecule has 0 saturated carbocycles.